The summed E-state index contributed by atoms with van der Waals surface area (Å²) < 4.78 is 18.7. The monoisotopic (exact) mass is 443 g/mol. The summed E-state index contributed by atoms with van der Waals surface area (Å²) in [5.41, 5.74) is 0.893. The quantitative estimate of drug-likeness (QED) is 0.660. The first-order chi connectivity index (χ1) is 13.1. The molecule has 1 amide bonds. The fourth-order valence-electron chi connectivity index (χ4n) is 3.37. The van der Waals surface area contributed by atoms with Crippen molar-refractivity contribution >= 4 is 30.7 Å². The largest absolute Gasteiger partial charge is 0.439 e. The number of carbonyl (C=O) groups excluding carboxylic acids is 1. The van der Waals surface area contributed by atoms with E-state index in [1.165, 1.54) is 12.1 Å². The van der Waals surface area contributed by atoms with Crippen molar-refractivity contribution in [2.75, 3.05) is 13.1 Å². The van der Waals surface area contributed by atoms with Gasteiger partial charge < -0.3 is 15.4 Å². The number of ether oxygens (including phenoxy) is 1. The first kappa shape index (κ1) is 25.1. The Kier molecular flexibility index (Phi) is 10.9. The number of hydrogen-bond acceptors (Lipinski definition) is 4. The highest BCUT2D eigenvalue weighted by molar-refractivity contribution is 5.85. The molecule has 0 bridgehead atoms. The lowest BCUT2D eigenvalue weighted by atomic mass is 9.84. The second kappa shape index (κ2) is 12.6. The first-order valence-electron chi connectivity index (χ1n) is 9.46. The molecule has 1 aromatic carbocycles. The molecule has 0 spiro atoms. The molecule has 1 aliphatic rings. The zero-order valence-electron chi connectivity index (χ0n) is 16.4. The maximum atomic E-state index is 13.2. The molecular formula is C21H28Cl2FN3O2. The fraction of sp³-hybridized carbons (Fsp3) is 0.429. The van der Waals surface area contributed by atoms with Crippen molar-refractivity contribution in [1.29, 1.82) is 0 Å². The lowest BCUT2D eigenvalue weighted by molar-refractivity contribution is -0.122. The van der Waals surface area contributed by atoms with Gasteiger partial charge in [-0.2, -0.15) is 0 Å². The SMILES string of the molecule is CC(CC(=O)NCc1ccc(Oc2cccc(F)c2)nc1)C1CCNCC1.Cl.Cl. The van der Waals surface area contributed by atoms with Crippen LogP contribution in [-0.4, -0.2) is 24.0 Å². The van der Waals surface area contributed by atoms with E-state index in [1.807, 2.05) is 6.07 Å². The van der Waals surface area contributed by atoms with Crippen LogP contribution in [0.4, 0.5) is 4.39 Å². The van der Waals surface area contributed by atoms with E-state index < -0.39 is 0 Å². The average Bonchev–Trinajstić information content (AvgIpc) is 2.68. The van der Waals surface area contributed by atoms with Gasteiger partial charge in [-0.25, -0.2) is 9.37 Å². The molecule has 5 nitrogen and oxygen atoms in total. The Bertz CT molecular complexity index is 756. The van der Waals surface area contributed by atoms with E-state index in [2.05, 4.69) is 22.5 Å². The average molecular weight is 444 g/mol. The van der Waals surface area contributed by atoms with E-state index in [9.17, 15) is 9.18 Å². The van der Waals surface area contributed by atoms with Gasteiger partial charge >= 0.3 is 0 Å². The minimum absolute atomic E-state index is 0. The normalized spacial score (nSPS) is 14.8. The van der Waals surface area contributed by atoms with Crippen molar-refractivity contribution in [3.05, 3.63) is 54.0 Å². The number of piperidine rings is 1. The minimum Gasteiger partial charge on any atom is -0.439 e. The number of amides is 1. The third-order valence-corrected chi connectivity index (χ3v) is 5.00. The van der Waals surface area contributed by atoms with Crippen LogP contribution in [0, 0.1) is 17.7 Å². The number of halogens is 3. The van der Waals surface area contributed by atoms with E-state index >= 15 is 0 Å². The fourth-order valence-corrected chi connectivity index (χ4v) is 3.37. The highest BCUT2D eigenvalue weighted by Crippen LogP contribution is 2.24. The number of rotatable bonds is 7. The third-order valence-electron chi connectivity index (χ3n) is 5.00. The summed E-state index contributed by atoms with van der Waals surface area (Å²) in [6.07, 6.45) is 4.50. The molecule has 1 aromatic heterocycles. The van der Waals surface area contributed by atoms with Crippen molar-refractivity contribution < 1.29 is 13.9 Å². The van der Waals surface area contributed by atoms with Crippen LogP contribution in [0.2, 0.25) is 0 Å². The van der Waals surface area contributed by atoms with Gasteiger partial charge in [0.15, 0.2) is 0 Å². The molecule has 0 aliphatic carbocycles. The Morgan fingerprint density at radius 1 is 1.28 bits per heavy atom. The van der Waals surface area contributed by atoms with Crippen LogP contribution in [0.25, 0.3) is 0 Å². The minimum atomic E-state index is -0.356. The van der Waals surface area contributed by atoms with Gasteiger partial charge in [0.25, 0.3) is 0 Å². The van der Waals surface area contributed by atoms with Gasteiger partial charge in [-0.3, -0.25) is 4.79 Å². The Balaban J connectivity index is 0.00000210. The lowest BCUT2D eigenvalue weighted by Crippen LogP contribution is -2.33. The summed E-state index contributed by atoms with van der Waals surface area (Å²) in [5.74, 6) is 1.52. The molecule has 1 unspecified atom stereocenters. The van der Waals surface area contributed by atoms with Crippen LogP contribution in [-0.2, 0) is 11.3 Å². The summed E-state index contributed by atoms with van der Waals surface area (Å²) in [5, 5.41) is 6.32. The molecule has 2 aromatic rings. The number of pyridine rings is 1. The molecule has 1 fully saturated rings. The molecule has 29 heavy (non-hydrogen) atoms. The molecule has 2 N–H and O–H groups in total. The zero-order chi connectivity index (χ0) is 19.1. The van der Waals surface area contributed by atoms with Crippen molar-refractivity contribution in [2.45, 2.75) is 32.7 Å². The maximum absolute atomic E-state index is 13.2. The highest BCUT2D eigenvalue weighted by Gasteiger charge is 2.21. The van der Waals surface area contributed by atoms with Crippen molar-refractivity contribution in [1.82, 2.24) is 15.6 Å². The van der Waals surface area contributed by atoms with E-state index in [0.717, 1.165) is 31.5 Å². The Morgan fingerprint density at radius 3 is 2.69 bits per heavy atom. The lowest BCUT2D eigenvalue weighted by Gasteiger charge is -2.27. The smallest absolute Gasteiger partial charge is 0.220 e. The van der Waals surface area contributed by atoms with Gasteiger partial charge in [-0.15, -0.1) is 24.8 Å². The zero-order valence-corrected chi connectivity index (χ0v) is 18.0. The predicted molar refractivity (Wildman–Crippen MR) is 116 cm³/mol. The van der Waals surface area contributed by atoms with E-state index in [1.54, 1.807) is 24.4 Å². The summed E-state index contributed by atoms with van der Waals surface area (Å²) in [7, 11) is 0. The van der Waals surface area contributed by atoms with Crippen LogP contribution in [0.15, 0.2) is 42.6 Å². The summed E-state index contributed by atoms with van der Waals surface area (Å²) in [4.78, 5) is 16.4. The third kappa shape index (κ3) is 8.17. The van der Waals surface area contributed by atoms with Crippen molar-refractivity contribution in [3.8, 4) is 11.6 Å². The molecule has 8 heteroatoms. The Labute approximate surface area is 183 Å². The van der Waals surface area contributed by atoms with Gasteiger partial charge in [-0.1, -0.05) is 19.1 Å². The predicted octanol–water partition coefficient (Wildman–Crippen LogP) is 4.50. The molecule has 1 aliphatic heterocycles. The summed E-state index contributed by atoms with van der Waals surface area (Å²) in [6.45, 7) is 4.69. The van der Waals surface area contributed by atoms with E-state index in [-0.39, 0.29) is 36.5 Å². The van der Waals surface area contributed by atoms with Gasteiger partial charge in [0.05, 0.1) is 0 Å². The maximum Gasteiger partial charge on any atom is 0.220 e. The first-order valence-corrected chi connectivity index (χ1v) is 9.46. The van der Waals surface area contributed by atoms with Gasteiger partial charge in [0.2, 0.25) is 11.8 Å². The standard InChI is InChI=1S/C21H26FN3O2.2ClH/c1-15(17-7-9-23-10-8-17)11-20(26)24-13-16-5-6-21(25-14-16)27-19-4-2-3-18(22)12-19;;/h2-6,12,14-15,17,23H,7-11,13H2,1H3,(H,24,26);2*1H. The van der Waals surface area contributed by atoms with E-state index in [0.29, 0.717) is 36.4 Å². The topological polar surface area (TPSA) is 63.2 Å². The van der Waals surface area contributed by atoms with Crippen LogP contribution in [0.5, 0.6) is 11.6 Å². The Morgan fingerprint density at radius 2 is 2.03 bits per heavy atom. The summed E-state index contributed by atoms with van der Waals surface area (Å²) >= 11 is 0. The van der Waals surface area contributed by atoms with E-state index in [4.69, 9.17) is 4.74 Å². The molecule has 3 rings (SSSR count). The number of hydrogen-bond donors (Lipinski definition) is 2. The van der Waals surface area contributed by atoms with Crippen LogP contribution >= 0.6 is 24.8 Å². The number of nitrogens with one attached hydrogen (secondary N) is 2. The Hall–Kier alpha value is -1.89. The molecular weight excluding hydrogens is 416 g/mol. The molecule has 1 saturated heterocycles. The van der Waals surface area contributed by atoms with Crippen LogP contribution < -0.4 is 15.4 Å². The van der Waals surface area contributed by atoms with Gasteiger partial charge in [0.1, 0.15) is 11.6 Å². The van der Waals surface area contributed by atoms with Gasteiger partial charge in [0, 0.05) is 31.3 Å². The number of benzene rings is 1. The number of carbonyl (C=O) groups is 1. The molecule has 2 heterocycles. The van der Waals surface area contributed by atoms with Crippen LogP contribution in [0.3, 0.4) is 0 Å². The second-order valence-electron chi connectivity index (χ2n) is 7.11. The molecule has 0 radical (unpaired) electrons. The molecule has 0 saturated carbocycles. The van der Waals surface area contributed by atoms with Crippen molar-refractivity contribution in [3.63, 3.8) is 0 Å². The van der Waals surface area contributed by atoms with Crippen molar-refractivity contribution in [2.24, 2.45) is 11.8 Å². The number of aromatic nitrogens is 1. The molecule has 1 atom stereocenters. The van der Waals surface area contributed by atoms with Gasteiger partial charge in [-0.05, 0) is 55.5 Å². The summed E-state index contributed by atoms with van der Waals surface area (Å²) in [6, 6.07) is 9.47. The number of nitrogens with zero attached hydrogens (tertiary/aromatic N) is 1. The van der Waals surface area contributed by atoms with Crippen LogP contribution in [0.1, 0.15) is 31.7 Å². The highest BCUT2D eigenvalue weighted by atomic mass is 35.5. The second-order valence-corrected chi connectivity index (χ2v) is 7.11. The molecule has 160 valence electrons.